The van der Waals surface area contributed by atoms with Crippen LogP contribution in [-0.4, -0.2) is 150 Å². The Morgan fingerprint density at radius 1 is 0.429 bits per heavy atom. The Bertz CT molecular complexity index is 223. The van der Waals surface area contributed by atoms with Gasteiger partial charge in [0.05, 0.1) is 0 Å². The van der Waals surface area contributed by atoms with Crippen molar-refractivity contribution in [2.75, 3.05) is 0 Å². The van der Waals surface area contributed by atoms with Gasteiger partial charge < -0.3 is 0 Å². The van der Waals surface area contributed by atoms with Gasteiger partial charge in [-0.2, -0.15) is 0 Å². The summed E-state index contributed by atoms with van der Waals surface area (Å²) in [6, 6.07) is 0. The van der Waals surface area contributed by atoms with Crippen molar-refractivity contribution in [2.24, 2.45) is 0 Å². The van der Waals surface area contributed by atoms with Crippen LogP contribution in [0.2, 0.25) is 0 Å². The molecule has 0 bridgehead atoms. The van der Waals surface area contributed by atoms with Crippen molar-refractivity contribution in [1.29, 1.82) is 0 Å². The molecule has 0 aliphatic rings. The van der Waals surface area contributed by atoms with Crippen LogP contribution in [0.1, 0.15) is 0 Å². The van der Waals surface area contributed by atoms with E-state index in [1.165, 1.54) is 7.06 Å². The topological polar surface area (TPSA) is 0 Å². The van der Waals surface area contributed by atoms with Crippen molar-refractivity contribution in [1.82, 2.24) is 0 Å². The van der Waals surface area contributed by atoms with E-state index in [9.17, 15) is 0 Å². The third kappa shape index (κ3) is 6.41. The van der Waals surface area contributed by atoms with Crippen LogP contribution in [0.4, 0.5) is 0 Å². The van der Waals surface area contributed by atoms with Crippen LogP contribution in [0.25, 0.3) is 0 Å². The van der Waals surface area contributed by atoms with E-state index >= 15 is 0 Å². The molecule has 0 unspecified atom stereocenters. The molecular weight excluding hydrogens is 227 g/mol. The van der Waals surface area contributed by atoms with E-state index in [-0.39, 0.29) is 0 Å². The van der Waals surface area contributed by atoms with E-state index in [4.69, 9.17) is 85.1 Å². The Kier molecular flexibility index (Phi) is 10.9. The van der Waals surface area contributed by atoms with E-state index in [0.29, 0.717) is 0 Å². The molecule has 0 saturated heterocycles. The van der Waals surface area contributed by atoms with Gasteiger partial charge in [-0.3, -0.25) is 0 Å². The van der Waals surface area contributed by atoms with Gasteiger partial charge in [0.25, 0.3) is 0 Å². The summed E-state index contributed by atoms with van der Waals surface area (Å²) in [5, 5.41) is 0. The number of rotatable bonds is 9. The summed E-state index contributed by atoms with van der Waals surface area (Å²) in [7, 11) is 64.8. The van der Waals surface area contributed by atoms with E-state index in [1.807, 2.05) is 0 Å². The van der Waals surface area contributed by atoms with Gasteiger partial charge in [-0.05, 0) is 0 Å². The summed E-state index contributed by atoms with van der Waals surface area (Å²) in [6.07, 6.45) is -6.78. The molecule has 0 aromatic carbocycles. The Labute approximate surface area is 149 Å². The summed E-state index contributed by atoms with van der Waals surface area (Å²) < 4.78 is 0. The largest absolute Gasteiger partial charge is 0 e. The van der Waals surface area contributed by atoms with Gasteiger partial charge in [-0.15, -0.1) is 0 Å². The van der Waals surface area contributed by atoms with Crippen LogP contribution in [0.15, 0.2) is 0 Å². The molecule has 21 heteroatoms. The lowest BCUT2D eigenvalue weighted by atomic mass is 8.38. The van der Waals surface area contributed by atoms with E-state index in [2.05, 4.69) is 0 Å². The monoisotopic (exact) mass is 231 g/mol. The van der Waals surface area contributed by atoms with Gasteiger partial charge in [0, 0.05) is 150 Å². The standard InChI is InChI=1S/B21/c1-12-18(13(2)3)21(19(14(4)5)15(6)7)20(16(8)9)17(10)11. The minimum absolute atomic E-state index is 0.574. The van der Waals surface area contributed by atoms with Crippen molar-refractivity contribution in [3.63, 3.8) is 0 Å². The predicted molar refractivity (Wildman–Crippen MR) is 121 cm³/mol. The number of hydrogen-bond donors (Lipinski definition) is 0. The third-order valence-corrected chi connectivity index (χ3v) is 3.78. The Morgan fingerprint density at radius 2 is 0.714 bits per heavy atom. The predicted octanol–water partition coefficient (Wildman–Crippen LogP) is -8.00. The van der Waals surface area contributed by atoms with Crippen molar-refractivity contribution >= 4 is 150 Å². The smallest absolute Gasteiger partial charge is 0 e. The lowest BCUT2D eigenvalue weighted by Gasteiger charge is -2.43. The molecule has 0 fully saturated rings. The molecule has 0 aromatic heterocycles. The Hall–Kier alpha value is 1.36. The molecule has 0 N–H and O–H groups in total. The summed E-state index contributed by atoms with van der Waals surface area (Å²) in [6.45, 7) is 0. The minimum Gasteiger partial charge on any atom is 0 e. The maximum atomic E-state index is 5.79. The average molecular weight is 227 g/mol. The van der Waals surface area contributed by atoms with Crippen LogP contribution < -0.4 is 0 Å². The zero-order valence-corrected chi connectivity index (χ0v) is 12.1. The average Bonchev–Trinajstić information content (AvgIpc) is 2.26. The normalized spacial score (nSPS) is 9.14. The molecule has 0 saturated carbocycles. The molecule has 0 atom stereocenters. The fourth-order valence-corrected chi connectivity index (χ4v) is 2.82. The van der Waals surface area contributed by atoms with Gasteiger partial charge in [0.1, 0.15) is 0 Å². The molecule has 0 aliphatic carbocycles. The second kappa shape index (κ2) is 10.3. The molecule has 0 aliphatic heterocycles. The van der Waals surface area contributed by atoms with E-state index < -0.39 is 57.5 Å². The zero-order chi connectivity index (χ0) is 16.9. The van der Waals surface area contributed by atoms with Crippen LogP contribution in [0, 0.1) is 0 Å². The van der Waals surface area contributed by atoms with Crippen LogP contribution in [-0.2, 0) is 0 Å². The second-order valence-corrected chi connectivity index (χ2v) is 5.39. The Balaban J connectivity index is 5.83. The molecule has 23 radical (unpaired) electrons. The molecule has 63 valence electrons. The third-order valence-electron chi connectivity index (χ3n) is 3.78. The highest BCUT2D eigenvalue weighted by Crippen LogP contribution is 2.06. The number of hydrogen-bond acceptors (Lipinski definition) is 0. The first-order valence-corrected chi connectivity index (χ1v) is 6.67. The first-order chi connectivity index (χ1) is 9.56. The fraction of sp³-hybridized carbons (Fsp3) is 0. The van der Waals surface area contributed by atoms with Gasteiger partial charge in [-0.25, -0.2) is 0 Å². The summed E-state index contributed by atoms with van der Waals surface area (Å²) in [5.41, 5.74) is 0. The van der Waals surface area contributed by atoms with E-state index in [1.54, 1.807) is 0 Å². The molecule has 0 heterocycles. The minimum atomic E-state index is -0.879. The quantitative estimate of drug-likeness (QED) is 0.343. The van der Waals surface area contributed by atoms with E-state index in [0.717, 1.165) is 0 Å². The molecule has 0 rings (SSSR count). The van der Waals surface area contributed by atoms with Gasteiger partial charge in [-0.1, -0.05) is 0 Å². The lowest BCUT2D eigenvalue weighted by molar-refractivity contribution is 3.32. The van der Waals surface area contributed by atoms with Crippen molar-refractivity contribution in [3.05, 3.63) is 0 Å². The maximum absolute atomic E-state index is 5.79. The van der Waals surface area contributed by atoms with Gasteiger partial charge in [0.2, 0.25) is 0 Å². The SMILES string of the molecule is [B][B]B(B([B])[B])B(B(B([B])[B])B([B])[B])B(B([B])[B])B([B])[B]. The van der Waals surface area contributed by atoms with Gasteiger partial charge >= 0.3 is 0 Å². The van der Waals surface area contributed by atoms with Crippen LogP contribution >= 0.6 is 0 Å². The van der Waals surface area contributed by atoms with Crippen molar-refractivity contribution < 1.29 is 0 Å². The molecule has 0 spiro atoms. The van der Waals surface area contributed by atoms with Gasteiger partial charge in [0.15, 0.2) is 0 Å². The highest BCUT2D eigenvalue weighted by Gasteiger charge is 2.45. The second-order valence-electron chi connectivity index (χ2n) is 5.39. The zero-order valence-electron chi connectivity index (χ0n) is 12.1. The molecule has 0 aromatic rings. The summed E-state index contributed by atoms with van der Waals surface area (Å²) >= 11 is 0. The highest BCUT2D eigenvalue weighted by molar-refractivity contribution is 8.20. The summed E-state index contributed by atoms with van der Waals surface area (Å²) in [5.74, 6) is 0. The first kappa shape index (κ1) is 22.4. The van der Waals surface area contributed by atoms with Crippen molar-refractivity contribution in [2.45, 2.75) is 0 Å². The van der Waals surface area contributed by atoms with Crippen LogP contribution in [0.5, 0.6) is 0 Å². The molecule has 21 heavy (non-hydrogen) atoms. The highest BCUT2D eigenvalue weighted by atomic mass is 13.3. The van der Waals surface area contributed by atoms with Crippen LogP contribution in [0.3, 0.4) is 0 Å². The Morgan fingerprint density at radius 3 is 0.857 bits per heavy atom. The first-order valence-electron chi connectivity index (χ1n) is 6.67. The van der Waals surface area contributed by atoms with Crippen molar-refractivity contribution in [3.8, 4) is 0 Å². The molecule has 0 amide bonds. The molecule has 0 nitrogen and oxygen atoms in total. The maximum Gasteiger partial charge on any atom is 0 e. The summed E-state index contributed by atoms with van der Waals surface area (Å²) in [4.78, 5) is 0. The molecular formula is B21. The fourth-order valence-electron chi connectivity index (χ4n) is 2.82. The lowest BCUT2D eigenvalue weighted by Crippen LogP contribution is -2.81.